The van der Waals surface area contributed by atoms with Crippen LogP contribution in [0.5, 0.6) is 0 Å². The maximum atomic E-state index is 11.5. The zero-order valence-electron chi connectivity index (χ0n) is 9.53. The van der Waals surface area contributed by atoms with Gasteiger partial charge in [0, 0.05) is 0 Å². The molecule has 0 saturated carbocycles. The second-order valence-electron chi connectivity index (χ2n) is 3.23. The molecule has 0 unspecified atom stereocenters. The van der Waals surface area contributed by atoms with Crippen molar-refractivity contribution in [3.05, 3.63) is 35.4 Å². The first kappa shape index (κ1) is 14.8. The Morgan fingerprint density at radius 1 is 0.944 bits per heavy atom. The SMILES string of the molecule is O=C(OCCCl)c1cccc(C(=O)OCCCl)c1. The van der Waals surface area contributed by atoms with Crippen molar-refractivity contribution < 1.29 is 19.1 Å². The van der Waals surface area contributed by atoms with Crippen LogP contribution in [-0.4, -0.2) is 36.9 Å². The van der Waals surface area contributed by atoms with E-state index in [2.05, 4.69) is 0 Å². The van der Waals surface area contributed by atoms with Crippen molar-refractivity contribution >= 4 is 35.1 Å². The van der Waals surface area contributed by atoms with Gasteiger partial charge >= 0.3 is 11.9 Å². The number of alkyl halides is 2. The summed E-state index contributed by atoms with van der Waals surface area (Å²) in [5, 5.41) is 0. The van der Waals surface area contributed by atoms with Crippen molar-refractivity contribution in [2.24, 2.45) is 0 Å². The van der Waals surface area contributed by atoms with Gasteiger partial charge in [0.15, 0.2) is 0 Å². The molecular weight excluding hydrogens is 279 g/mol. The van der Waals surface area contributed by atoms with Crippen molar-refractivity contribution in [1.82, 2.24) is 0 Å². The van der Waals surface area contributed by atoms with E-state index >= 15 is 0 Å². The molecule has 0 fully saturated rings. The van der Waals surface area contributed by atoms with Gasteiger partial charge in [-0.2, -0.15) is 0 Å². The zero-order chi connectivity index (χ0) is 13.4. The topological polar surface area (TPSA) is 52.6 Å². The monoisotopic (exact) mass is 290 g/mol. The number of hydrogen-bond donors (Lipinski definition) is 0. The summed E-state index contributed by atoms with van der Waals surface area (Å²) in [4.78, 5) is 23.1. The highest BCUT2D eigenvalue weighted by Gasteiger charge is 2.12. The molecule has 18 heavy (non-hydrogen) atoms. The molecule has 1 aromatic rings. The van der Waals surface area contributed by atoms with Gasteiger partial charge in [-0.15, -0.1) is 23.2 Å². The summed E-state index contributed by atoms with van der Waals surface area (Å²) in [6.07, 6.45) is 0. The molecule has 0 aliphatic rings. The number of hydrogen-bond acceptors (Lipinski definition) is 4. The Balaban J connectivity index is 2.72. The van der Waals surface area contributed by atoms with Gasteiger partial charge < -0.3 is 9.47 Å². The van der Waals surface area contributed by atoms with E-state index in [0.717, 1.165) is 0 Å². The fourth-order valence-corrected chi connectivity index (χ4v) is 1.36. The lowest BCUT2D eigenvalue weighted by Crippen LogP contribution is -2.10. The van der Waals surface area contributed by atoms with E-state index in [1.807, 2.05) is 0 Å². The van der Waals surface area contributed by atoms with Gasteiger partial charge in [0.25, 0.3) is 0 Å². The number of ether oxygens (including phenoxy) is 2. The van der Waals surface area contributed by atoms with Crippen molar-refractivity contribution in [2.75, 3.05) is 25.0 Å². The van der Waals surface area contributed by atoms with Crippen LogP contribution < -0.4 is 0 Å². The molecular formula is C12H12Cl2O4. The first-order valence-electron chi connectivity index (χ1n) is 5.25. The van der Waals surface area contributed by atoms with Gasteiger partial charge in [-0.25, -0.2) is 9.59 Å². The van der Waals surface area contributed by atoms with E-state index in [1.165, 1.54) is 6.07 Å². The zero-order valence-corrected chi connectivity index (χ0v) is 11.0. The van der Waals surface area contributed by atoms with Gasteiger partial charge in [-0.1, -0.05) is 6.07 Å². The summed E-state index contributed by atoms with van der Waals surface area (Å²) in [6.45, 7) is 0.253. The summed E-state index contributed by atoms with van der Waals surface area (Å²) >= 11 is 10.8. The minimum Gasteiger partial charge on any atom is -0.461 e. The summed E-state index contributed by atoms with van der Waals surface area (Å²) in [6, 6.07) is 6.09. The highest BCUT2D eigenvalue weighted by Crippen LogP contribution is 2.08. The molecule has 0 aliphatic carbocycles. The van der Waals surface area contributed by atoms with Crippen LogP contribution in [0, 0.1) is 0 Å². The van der Waals surface area contributed by atoms with Gasteiger partial charge in [-0.3, -0.25) is 0 Å². The second kappa shape index (κ2) is 7.95. The summed E-state index contributed by atoms with van der Waals surface area (Å²) in [5.41, 5.74) is 0.556. The van der Waals surface area contributed by atoms with Crippen molar-refractivity contribution in [3.63, 3.8) is 0 Å². The number of halogens is 2. The molecule has 0 radical (unpaired) electrons. The Morgan fingerprint density at radius 3 is 1.78 bits per heavy atom. The number of benzene rings is 1. The summed E-state index contributed by atoms with van der Waals surface area (Å²) < 4.78 is 9.70. The van der Waals surface area contributed by atoms with Crippen LogP contribution in [0.3, 0.4) is 0 Å². The summed E-state index contributed by atoms with van der Waals surface area (Å²) in [5.74, 6) is -0.600. The van der Waals surface area contributed by atoms with Gasteiger partial charge in [0.2, 0.25) is 0 Å². The number of carbonyl (C=O) groups is 2. The standard InChI is InChI=1S/C12H12Cl2O4/c13-4-6-17-11(15)9-2-1-3-10(8-9)12(16)18-7-5-14/h1-3,8H,4-7H2. The predicted octanol–water partition coefficient (Wildman–Crippen LogP) is 2.48. The Morgan fingerprint density at radius 2 is 1.39 bits per heavy atom. The number of carbonyl (C=O) groups excluding carboxylic acids is 2. The molecule has 0 saturated heterocycles. The molecule has 0 spiro atoms. The van der Waals surface area contributed by atoms with Crippen LogP contribution in [0.2, 0.25) is 0 Å². The lowest BCUT2D eigenvalue weighted by Gasteiger charge is -2.05. The molecule has 1 rings (SSSR count). The lowest BCUT2D eigenvalue weighted by molar-refractivity contribution is 0.0528. The molecule has 98 valence electrons. The van der Waals surface area contributed by atoms with Crippen molar-refractivity contribution in [2.45, 2.75) is 0 Å². The predicted molar refractivity (Wildman–Crippen MR) is 68.4 cm³/mol. The van der Waals surface area contributed by atoms with Crippen molar-refractivity contribution in [1.29, 1.82) is 0 Å². The van der Waals surface area contributed by atoms with Crippen LogP contribution in [0.1, 0.15) is 20.7 Å². The third-order valence-electron chi connectivity index (χ3n) is 1.95. The molecule has 0 atom stereocenters. The lowest BCUT2D eigenvalue weighted by atomic mass is 10.1. The van der Waals surface area contributed by atoms with E-state index in [1.54, 1.807) is 18.2 Å². The van der Waals surface area contributed by atoms with E-state index in [-0.39, 0.29) is 36.1 Å². The quantitative estimate of drug-likeness (QED) is 0.597. The molecule has 0 heterocycles. The van der Waals surface area contributed by atoms with Gasteiger partial charge in [0.05, 0.1) is 22.9 Å². The highest BCUT2D eigenvalue weighted by atomic mass is 35.5. The van der Waals surface area contributed by atoms with Crippen molar-refractivity contribution in [3.8, 4) is 0 Å². The molecule has 1 aromatic carbocycles. The molecule has 0 aliphatic heterocycles. The average Bonchev–Trinajstić information content (AvgIpc) is 2.42. The largest absolute Gasteiger partial charge is 0.461 e. The smallest absolute Gasteiger partial charge is 0.338 e. The maximum absolute atomic E-state index is 11.5. The molecule has 0 amide bonds. The molecule has 0 bridgehead atoms. The average molecular weight is 291 g/mol. The Bertz CT molecular complexity index is 385. The van der Waals surface area contributed by atoms with Gasteiger partial charge in [-0.05, 0) is 18.2 Å². The molecule has 4 nitrogen and oxygen atoms in total. The van der Waals surface area contributed by atoms with Crippen LogP contribution in [0.4, 0.5) is 0 Å². The third kappa shape index (κ3) is 4.55. The van der Waals surface area contributed by atoms with E-state index < -0.39 is 11.9 Å². The molecule has 6 heteroatoms. The first-order chi connectivity index (χ1) is 8.69. The first-order valence-corrected chi connectivity index (χ1v) is 6.32. The minimum absolute atomic E-state index is 0.126. The molecule has 0 aromatic heterocycles. The normalized spacial score (nSPS) is 9.89. The fraction of sp³-hybridized carbons (Fsp3) is 0.333. The van der Waals surface area contributed by atoms with Crippen LogP contribution in [0.15, 0.2) is 24.3 Å². The second-order valence-corrected chi connectivity index (χ2v) is 3.99. The highest BCUT2D eigenvalue weighted by molar-refractivity contribution is 6.18. The third-order valence-corrected chi connectivity index (χ3v) is 2.26. The minimum atomic E-state index is -0.525. The van der Waals surface area contributed by atoms with Gasteiger partial charge in [0.1, 0.15) is 13.2 Å². The fourth-order valence-electron chi connectivity index (χ4n) is 1.20. The summed E-state index contributed by atoms with van der Waals surface area (Å²) in [7, 11) is 0. The van der Waals surface area contributed by atoms with E-state index in [0.29, 0.717) is 0 Å². The Hall–Kier alpha value is -1.26. The Kier molecular flexibility index (Phi) is 6.54. The Labute approximate surface area is 115 Å². The molecule has 0 N–H and O–H groups in total. The number of rotatable bonds is 6. The van der Waals surface area contributed by atoms with Crippen LogP contribution in [-0.2, 0) is 9.47 Å². The van der Waals surface area contributed by atoms with E-state index in [4.69, 9.17) is 32.7 Å². The van der Waals surface area contributed by atoms with E-state index in [9.17, 15) is 9.59 Å². The maximum Gasteiger partial charge on any atom is 0.338 e. The van der Waals surface area contributed by atoms with Crippen LogP contribution in [0.25, 0.3) is 0 Å². The van der Waals surface area contributed by atoms with Crippen LogP contribution >= 0.6 is 23.2 Å². The number of esters is 2.